The number of carbonyl (C=O) groups is 1. The summed E-state index contributed by atoms with van der Waals surface area (Å²) in [6.45, 7) is 6.13. The summed E-state index contributed by atoms with van der Waals surface area (Å²) in [6.07, 6.45) is 6.17. The van der Waals surface area contributed by atoms with Crippen LogP contribution in [0.15, 0.2) is 0 Å². The SMILES string of the molecule is CCCC1(C(=O)NC(CC)CSC)CCNC1. The third-order valence-corrected chi connectivity index (χ3v) is 4.39. The smallest absolute Gasteiger partial charge is 0.227 e. The van der Waals surface area contributed by atoms with E-state index >= 15 is 0 Å². The average Bonchev–Trinajstić information content (AvgIpc) is 2.78. The molecular weight excluding hydrogens is 232 g/mol. The number of nitrogens with one attached hydrogen (secondary N) is 2. The van der Waals surface area contributed by atoms with Crippen molar-refractivity contribution in [2.45, 2.75) is 45.6 Å². The van der Waals surface area contributed by atoms with Crippen LogP contribution in [0.2, 0.25) is 0 Å². The molecule has 1 aliphatic rings. The van der Waals surface area contributed by atoms with E-state index in [1.54, 1.807) is 11.8 Å². The molecule has 4 heteroatoms. The van der Waals surface area contributed by atoms with Gasteiger partial charge in [-0.1, -0.05) is 20.3 Å². The van der Waals surface area contributed by atoms with Crippen molar-refractivity contribution in [2.24, 2.45) is 5.41 Å². The van der Waals surface area contributed by atoms with Crippen molar-refractivity contribution in [1.29, 1.82) is 0 Å². The van der Waals surface area contributed by atoms with E-state index in [0.29, 0.717) is 6.04 Å². The Bertz CT molecular complexity index is 240. The second kappa shape index (κ2) is 7.27. The Balaban J connectivity index is 2.58. The van der Waals surface area contributed by atoms with Crippen molar-refractivity contribution in [3.8, 4) is 0 Å². The largest absolute Gasteiger partial charge is 0.352 e. The van der Waals surface area contributed by atoms with Crippen molar-refractivity contribution < 1.29 is 4.79 Å². The van der Waals surface area contributed by atoms with Gasteiger partial charge in [0.1, 0.15) is 0 Å². The van der Waals surface area contributed by atoms with Gasteiger partial charge in [0.05, 0.1) is 5.41 Å². The van der Waals surface area contributed by atoms with E-state index in [1.807, 2.05) is 0 Å². The van der Waals surface area contributed by atoms with Crippen LogP contribution in [0.1, 0.15) is 39.5 Å². The molecule has 0 aromatic carbocycles. The first kappa shape index (κ1) is 14.8. The third-order valence-electron chi connectivity index (χ3n) is 3.65. The second-order valence-corrected chi connectivity index (χ2v) is 5.90. The van der Waals surface area contributed by atoms with Gasteiger partial charge in [-0.15, -0.1) is 0 Å². The van der Waals surface area contributed by atoms with Crippen LogP contribution in [-0.4, -0.2) is 37.0 Å². The summed E-state index contributed by atoms with van der Waals surface area (Å²) in [5.41, 5.74) is -0.138. The summed E-state index contributed by atoms with van der Waals surface area (Å²) < 4.78 is 0. The fourth-order valence-corrected chi connectivity index (χ4v) is 3.27. The van der Waals surface area contributed by atoms with E-state index in [9.17, 15) is 4.79 Å². The molecule has 100 valence electrons. The lowest BCUT2D eigenvalue weighted by atomic mass is 9.81. The molecule has 2 atom stereocenters. The molecule has 0 aliphatic carbocycles. The van der Waals surface area contributed by atoms with Gasteiger partial charge in [-0.2, -0.15) is 11.8 Å². The van der Waals surface area contributed by atoms with Gasteiger partial charge in [0, 0.05) is 18.3 Å². The van der Waals surface area contributed by atoms with E-state index in [4.69, 9.17) is 0 Å². The van der Waals surface area contributed by atoms with Crippen molar-refractivity contribution in [2.75, 3.05) is 25.1 Å². The molecule has 0 aromatic heterocycles. The molecule has 1 heterocycles. The maximum Gasteiger partial charge on any atom is 0.227 e. The summed E-state index contributed by atoms with van der Waals surface area (Å²) >= 11 is 1.80. The molecular formula is C13H26N2OS. The summed E-state index contributed by atoms with van der Waals surface area (Å²) in [6, 6.07) is 0.326. The highest BCUT2D eigenvalue weighted by atomic mass is 32.2. The van der Waals surface area contributed by atoms with Crippen LogP contribution < -0.4 is 10.6 Å². The van der Waals surface area contributed by atoms with Crippen LogP contribution in [0.3, 0.4) is 0 Å². The van der Waals surface area contributed by atoms with Gasteiger partial charge in [0.25, 0.3) is 0 Å². The zero-order valence-corrected chi connectivity index (χ0v) is 12.2. The summed E-state index contributed by atoms with van der Waals surface area (Å²) in [5, 5.41) is 6.57. The summed E-state index contributed by atoms with van der Waals surface area (Å²) in [7, 11) is 0. The minimum atomic E-state index is -0.138. The van der Waals surface area contributed by atoms with E-state index in [0.717, 1.165) is 44.5 Å². The number of thioether (sulfide) groups is 1. The molecule has 2 unspecified atom stereocenters. The van der Waals surface area contributed by atoms with Crippen LogP contribution >= 0.6 is 11.8 Å². The van der Waals surface area contributed by atoms with E-state index in [2.05, 4.69) is 30.7 Å². The number of carbonyl (C=O) groups excluding carboxylic acids is 1. The first-order valence-electron chi connectivity index (χ1n) is 6.69. The van der Waals surface area contributed by atoms with Crippen molar-refractivity contribution in [3.05, 3.63) is 0 Å². The average molecular weight is 258 g/mol. The number of hydrogen-bond donors (Lipinski definition) is 2. The lowest BCUT2D eigenvalue weighted by Gasteiger charge is -2.29. The Morgan fingerprint density at radius 2 is 2.29 bits per heavy atom. The van der Waals surface area contributed by atoms with Crippen molar-refractivity contribution >= 4 is 17.7 Å². The monoisotopic (exact) mass is 258 g/mol. The maximum absolute atomic E-state index is 12.4. The molecule has 0 bridgehead atoms. The molecule has 17 heavy (non-hydrogen) atoms. The molecule has 1 rings (SSSR count). The van der Waals surface area contributed by atoms with Crippen LogP contribution in [-0.2, 0) is 4.79 Å². The molecule has 1 fully saturated rings. The molecule has 1 aliphatic heterocycles. The van der Waals surface area contributed by atoms with Crippen LogP contribution in [0.5, 0.6) is 0 Å². The Morgan fingerprint density at radius 3 is 2.76 bits per heavy atom. The normalized spacial score (nSPS) is 25.8. The Labute approximate surface area is 109 Å². The minimum absolute atomic E-state index is 0.138. The fraction of sp³-hybridized carbons (Fsp3) is 0.923. The molecule has 1 amide bonds. The first-order valence-corrected chi connectivity index (χ1v) is 8.08. The highest BCUT2D eigenvalue weighted by molar-refractivity contribution is 7.98. The van der Waals surface area contributed by atoms with Gasteiger partial charge >= 0.3 is 0 Å². The summed E-state index contributed by atoms with van der Waals surface area (Å²) in [5.74, 6) is 1.28. The fourth-order valence-electron chi connectivity index (χ4n) is 2.54. The quantitative estimate of drug-likeness (QED) is 0.734. The van der Waals surface area contributed by atoms with Gasteiger partial charge in [-0.3, -0.25) is 4.79 Å². The number of amides is 1. The standard InChI is InChI=1S/C13H26N2OS/c1-4-6-13(7-8-14-10-13)12(16)15-11(5-2)9-17-3/h11,14H,4-10H2,1-3H3,(H,15,16). The summed E-state index contributed by atoms with van der Waals surface area (Å²) in [4.78, 5) is 12.4. The number of hydrogen-bond acceptors (Lipinski definition) is 3. The van der Waals surface area contributed by atoms with Gasteiger partial charge in [-0.05, 0) is 32.1 Å². The highest BCUT2D eigenvalue weighted by Gasteiger charge is 2.40. The Hall–Kier alpha value is -0.220. The molecule has 2 N–H and O–H groups in total. The Kier molecular flexibility index (Phi) is 6.34. The van der Waals surface area contributed by atoms with E-state index in [1.165, 1.54) is 0 Å². The van der Waals surface area contributed by atoms with E-state index < -0.39 is 0 Å². The molecule has 0 saturated carbocycles. The van der Waals surface area contributed by atoms with Gasteiger partial charge in [-0.25, -0.2) is 0 Å². The van der Waals surface area contributed by atoms with Crippen LogP contribution in [0.25, 0.3) is 0 Å². The lowest BCUT2D eigenvalue weighted by Crippen LogP contribution is -2.47. The van der Waals surface area contributed by atoms with Gasteiger partial charge in [0.2, 0.25) is 5.91 Å². The molecule has 1 saturated heterocycles. The predicted octanol–water partition coefficient (Wildman–Crippen LogP) is 2.02. The molecule has 3 nitrogen and oxygen atoms in total. The topological polar surface area (TPSA) is 41.1 Å². The van der Waals surface area contributed by atoms with Crippen LogP contribution in [0.4, 0.5) is 0 Å². The van der Waals surface area contributed by atoms with Gasteiger partial charge < -0.3 is 10.6 Å². The molecule has 0 radical (unpaired) electrons. The zero-order valence-electron chi connectivity index (χ0n) is 11.3. The van der Waals surface area contributed by atoms with Crippen molar-refractivity contribution in [3.63, 3.8) is 0 Å². The predicted molar refractivity (Wildman–Crippen MR) is 75.4 cm³/mol. The van der Waals surface area contributed by atoms with Crippen LogP contribution in [0, 0.1) is 5.41 Å². The second-order valence-electron chi connectivity index (χ2n) is 4.99. The lowest BCUT2D eigenvalue weighted by molar-refractivity contribution is -0.131. The molecule has 0 spiro atoms. The zero-order chi connectivity index (χ0) is 12.7. The Morgan fingerprint density at radius 1 is 1.53 bits per heavy atom. The third kappa shape index (κ3) is 3.88. The van der Waals surface area contributed by atoms with Gasteiger partial charge in [0.15, 0.2) is 0 Å². The molecule has 0 aromatic rings. The minimum Gasteiger partial charge on any atom is -0.352 e. The highest BCUT2D eigenvalue weighted by Crippen LogP contribution is 2.31. The van der Waals surface area contributed by atoms with E-state index in [-0.39, 0.29) is 11.3 Å². The number of rotatable bonds is 7. The first-order chi connectivity index (χ1) is 8.18. The van der Waals surface area contributed by atoms with Crippen molar-refractivity contribution in [1.82, 2.24) is 10.6 Å². The maximum atomic E-state index is 12.4.